The number of anilines is 1. The number of carbonyl (C=O) groups is 2. The van der Waals surface area contributed by atoms with Crippen LogP contribution in [0.5, 0.6) is 0 Å². The van der Waals surface area contributed by atoms with Crippen molar-refractivity contribution in [2.45, 2.75) is 18.2 Å². The summed E-state index contributed by atoms with van der Waals surface area (Å²) in [7, 11) is -2.28. The molecule has 0 spiro atoms. The highest BCUT2D eigenvalue weighted by Gasteiger charge is 2.19. The number of methoxy groups -OCH3 is 1. The molecule has 128 valence electrons. The minimum Gasteiger partial charge on any atom is -0.465 e. The van der Waals surface area contributed by atoms with E-state index in [1.807, 2.05) is 6.92 Å². The molecule has 0 radical (unpaired) electrons. The smallest absolute Gasteiger partial charge is 0.340 e. The summed E-state index contributed by atoms with van der Waals surface area (Å²) in [6.45, 7) is 1.86. The van der Waals surface area contributed by atoms with Crippen molar-refractivity contribution in [1.82, 2.24) is 0 Å². The highest BCUT2D eigenvalue weighted by molar-refractivity contribution is 7.91. The van der Waals surface area contributed by atoms with Crippen molar-refractivity contribution in [3.63, 3.8) is 0 Å². The van der Waals surface area contributed by atoms with Gasteiger partial charge in [-0.1, -0.05) is 17.7 Å². The highest BCUT2D eigenvalue weighted by atomic mass is 32.2. The lowest BCUT2D eigenvalue weighted by Gasteiger charge is -2.07. The van der Waals surface area contributed by atoms with Crippen molar-refractivity contribution in [1.29, 1.82) is 0 Å². The van der Waals surface area contributed by atoms with E-state index < -0.39 is 21.7 Å². The average molecular weight is 367 g/mol. The normalized spacial score (nSPS) is 11.1. The molecule has 1 aromatic heterocycles. The number of aryl methyl sites for hydroxylation is 1. The van der Waals surface area contributed by atoms with Crippen molar-refractivity contribution >= 4 is 38.1 Å². The molecule has 0 fully saturated rings. The minimum absolute atomic E-state index is 0.187. The molecule has 0 unspecified atom stereocenters. The van der Waals surface area contributed by atoms with Crippen LogP contribution in [0, 0.1) is 6.92 Å². The summed E-state index contributed by atoms with van der Waals surface area (Å²) in [6.07, 6.45) is -0.200. The van der Waals surface area contributed by atoms with E-state index in [-0.39, 0.29) is 22.6 Å². The number of hydrogen-bond acceptors (Lipinski definition) is 6. The Morgan fingerprint density at radius 1 is 1.17 bits per heavy atom. The van der Waals surface area contributed by atoms with E-state index in [1.54, 1.807) is 17.5 Å². The van der Waals surface area contributed by atoms with Crippen LogP contribution < -0.4 is 5.32 Å². The topological polar surface area (TPSA) is 89.5 Å². The number of thiophene rings is 1. The number of rotatable bonds is 6. The van der Waals surface area contributed by atoms with Gasteiger partial charge in [0.15, 0.2) is 9.84 Å². The van der Waals surface area contributed by atoms with Gasteiger partial charge in [-0.05, 0) is 30.5 Å². The van der Waals surface area contributed by atoms with Gasteiger partial charge in [-0.3, -0.25) is 4.79 Å². The Hall–Kier alpha value is -2.19. The predicted molar refractivity (Wildman–Crippen MR) is 92.1 cm³/mol. The van der Waals surface area contributed by atoms with Gasteiger partial charge in [-0.15, -0.1) is 11.3 Å². The lowest BCUT2D eigenvalue weighted by molar-refractivity contribution is -0.115. The Kier molecular flexibility index (Phi) is 5.74. The fourth-order valence-corrected chi connectivity index (χ4v) is 3.99. The number of sulfone groups is 1. The maximum Gasteiger partial charge on any atom is 0.340 e. The Morgan fingerprint density at radius 3 is 2.46 bits per heavy atom. The van der Waals surface area contributed by atoms with Gasteiger partial charge in [0.2, 0.25) is 5.91 Å². The monoisotopic (exact) mass is 367 g/mol. The number of hydrogen-bond donors (Lipinski definition) is 1. The maximum atomic E-state index is 12.2. The second-order valence-electron chi connectivity index (χ2n) is 5.09. The summed E-state index contributed by atoms with van der Waals surface area (Å²) < 4.78 is 29.1. The molecule has 6 nitrogen and oxygen atoms in total. The minimum atomic E-state index is -3.53. The molecule has 0 aliphatic heterocycles. The number of amides is 1. The molecule has 0 aliphatic carbocycles. The van der Waals surface area contributed by atoms with Crippen LogP contribution >= 0.6 is 11.3 Å². The van der Waals surface area contributed by atoms with Gasteiger partial charge < -0.3 is 10.1 Å². The van der Waals surface area contributed by atoms with Crippen molar-refractivity contribution < 1.29 is 22.7 Å². The second kappa shape index (κ2) is 7.59. The van der Waals surface area contributed by atoms with Gasteiger partial charge in [0, 0.05) is 6.42 Å². The number of benzene rings is 1. The molecular formula is C16H17NO5S2. The van der Waals surface area contributed by atoms with Crippen molar-refractivity contribution in [2.75, 3.05) is 18.2 Å². The zero-order chi connectivity index (χ0) is 17.7. The summed E-state index contributed by atoms with van der Waals surface area (Å²) >= 11 is 1.17. The SMILES string of the molecule is COC(=O)c1ccsc1NC(=O)CCS(=O)(=O)c1ccc(C)cc1. The Balaban J connectivity index is 1.99. The van der Waals surface area contributed by atoms with Gasteiger partial charge in [0.1, 0.15) is 5.00 Å². The van der Waals surface area contributed by atoms with Crippen LogP contribution in [0.3, 0.4) is 0 Å². The summed E-state index contributed by atoms with van der Waals surface area (Å²) in [5, 5.41) is 4.54. The summed E-state index contributed by atoms with van der Waals surface area (Å²) in [6, 6.07) is 8.01. The van der Waals surface area contributed by atoms with Crippen LogP contribution in [0.15, 0.2) is 40.6 Å². The first kappa shape index (κ1) is 18.2. The molecule has 8 heteroatoms. The molecule has 24 heavy (non-hydrogen) atoms. The third-order valence-electron chi connectivity index (χ3n) is 3.30. The van der Waals surface area contributed by atoms with Crippen molar-refractivity contribution in [3.05, 3.63) is 46.8 Å². The molecule has 1 amide bonds. The zero-order valence-corrected chi connectivity index (χ0v) is 14.9. The maximum absolute atomic E-state index is 12.2. The molecule has 0 saturated carbocycles. The largest absolute Gasteiger partial charge is 0.465 e. The predicted octanol–water partition coefficient (Wildman–Crippen LogP) is 2.65. The van der Waals surface area contributed by atoms with E-state index in [0.29, 0.717) is 5.00 Å². The molecule has 1 aromatic carbocycles. The van der Waals surface area contributed by atoms with Crippen molar-refractivity contribution in [2.24, 2.45) is 0 Å². The van der Waals surface area contributed by atoms with E-state index in [2.05, 4.69) is 10.1 Å². The zero-order valence-electron chi connectivity index (χ0n) is 13.2. The van der Waals surface area contributed by atoms with Gasteiger partial charge in [-0.25, -0.2) is 13.2 Å². The quantitative estimate of drug-likeness (QED) is 0.793. The van der Waals surface area contributed by atoms with Crippen LogP contribution in [0.2, 0.25) is 0 Å². The van der Waals surface area contributed by atoms with Crippen molar-refractivity contribution in [3.8, 4) is 0 Å². The van der Waals surface area contributed by atoms with Crippen LogP contribution in [-0.2, 0) is 19.4 Å². The van der Waals surface area contributed by atoms with E-state index in [1.165, 1.54) is 36.6 Å². The molecule has 0 saturated heterocycles. The third-order valence-corrected chi connectivity index (χ3v) is 5.86. The summed E-state index contributed by atoms with van der Waals surface area (Å²) in [5.41, 5.74) is 1.21. The summed E-state index contributed by atoms with van der Waals surface area (Å²) in [5.74, 6) is -1.34. The first-order valence-corrected chi connectivity index (χ1v) is 9.62. The molecule has 1 N–H and O–H groups in total. The standard InChI is InChI=1S/C16H17NO5S2/c1-11-3-5-12(6-4-11)24(20,21)10-8-14(18)17-15-13(7-9-23-15)16(19)22-2/h3-7,9H,8,10H2,1-2H3,(H,17,18). The molecule has 2 aromatic rings. The first-order chi connectivity index (χ1) is 11.3. The third kappa shape index (κ3) is 4.42. The molecular weight excluding hydrogens is 350 g/mol. The van der Waals surface area contributed by atoms with Gasteiger partial charge in [-0.2, -0.15) is 0 Å². The van der Waals surface area contributed by atoms with E-state index in [0.717, 1.165) is 5.56 Å². The number of nitrogens with one attached hydrogen (secondary N) is 1. The number of carbonyl (C=O) groups excluding carboxylic acids is 2. The van der Waals surface area contributed by atoms with E-state index in [9.17, 15) is 18.0 Å². The number of esters is 1. The molecule has 0 atom stereocenters. The van der Waals surface area contributed by atoms with Crippen LogP contribution in [0.4, 0.5) is 5.00 Å². The average Bonchev–Trinajstić information content (AvgIpc) is 3.01. The summed E-state index contributed by atoms with van der Waals surface area (Å²) in [4.78, 5) is 23.7. The Morgan fingerprint density at radius 2 is 1.83 bits per heavy atom. The van der Waals surface area contributed by atoms with Gasteiger partial charge in [0.05, 0.1) is 23.3 Å². The second-order valence-corrected chi connectivity index (χ2v) is 8.11. The molecule has 1 heterocycles. The fourth-order valence-electron chi connectivity index (χ4n) is 1.96. The molecule has 2 rings (SSSR count). The lowest BCUT2D eigenvalue weighted by atomic mass is 10.2. The fraction of sp³-hybridized carbons (Fsp3) is 0.250. The lowest BCUT2D eigenvalue weighted by Crippen LogP contribution is -2.18. The Labute approximate surface area is 144 Å². The molecule has 0 aliphatic rings. The van der Waals surface area contributed by atoms with Gasteiger partial charge >= 0.3 is 5.97 Å². The van der Waals surface area contributed by atoms with Crippen LogP contribution in [0.25, 0.3) is 0 Å². The first-order valence-electron chi connectivity index (χ1n) is 7.08. The number of ether oxygens (including phenoxy) is 1. The van der Waals surface area contributed by atoms with E-state index in [4.69, 9.17) is 0 Å². The van der Waals surface area contributed by atoms with Gasteiger partial charge in [0.25, 0.3) is 0 Å². The van der Waals surface area contributed by atoms with Crippen LogP contribution in [0.1, 0.15) is 22.3 Å². The van der Waals surface area contributed by atoms with Crippen LogP contribution in [-0.4, -0.2) is 33.2 Å². The Bertz CT molecular complexity index is 838. The highest BCUT2D eigenvalue weighted by Crippen LogP contribution is 2.24. The molecule has 0 bridgehead atoms. The van der Waals surface area contributed by atoms with E-state index >= 15 is 0 Å².